The van der Waals surface area contributed by atoms with Gasteiger partial charge in [-0.15, -0.1) is 0 Å². The number of hydrogen-bond donors (Lipinski definition) is 1. The molecule has 0 aromatic heterocycles. The van der Waals surface area contributed by atoms with Gasteiger partial charge in [-0.1, -0.05) is 34.1 Å². The molecule has 0 aliphatic carbocycles. The van der Waals surface area contributed by atoms with Gasteiger partial charge >= 0.3 is 0 Å². The Morgan fingerprint density at radius 2 is 2.13 bits per heavy atom. The molecule has 1 heterocycles. The molecule has 1 N–H and O–H groups in total. The Hall–Kier alpha value is -0.0800. The second-order valence-electron chi connectivity index (χ2n) is 4.97. The fraction of sp³-hybridized carbons (Fsp3) is 1.00. The largest absolute Gasteiger partial charge is 0.376 e. The minimum atomic E-state index is 0.437. The molecule has 1 fully saturated rings. The van der Waals surface area contributed by atoms with Crippen LogP contribution in [0.2, 0.25) is 0 Å². The first-order valence-electron chi connectivity index (χ1n) is 6.55. The number of rotatable bonds is 6. The molecule has 0 amide bonds. The molecule has 1 aliphatic rings. The van der Waals surface area contributed by atoms with Gasteiger partial charge in [0.25, 0.3) is 0 Å². The van der Waals surface area contributed by atoms with Gasteiger partial charge in [0, 0.05) is 12.6 Å². The first kappa shape index (κ1) is 13.0. The Morgan fingerprint density at radius 1 is 1.40 bits per heavy atom. The van der Waals surface area contributed by atoms with E-state index in [4.69, 9.17) is 4.74 Å². The van der Waals surface area contributed by atoms with Crippen LogP contribution in [0.15, 0.2) is 0 Å². The Morgan fingerprint density at radius 3 is 2.60 bits per heavy atom. The summed E-state index contributed by atoms with van der Waals surface area (Å²) in [4.78, 5) is 0. The van der Waals surface area contributed by atoms with Gasteiger partial charge in [-0.2, -0.15) is 0 Å². The van der Waals surface area contributed by atoms with E-state index in [0.29, 0.717) is 24.0 Å². The van der Waals surface area contributed by atoms with Crippen molar-refractivity contribution >= 4 is 0 Å². The monoisotopic (exact) mass is 213 g/mol. The van der Waals surface area contributed by atoms with Crippen LogP contribution in [0.25, 0.3) is 0 Å². The summed E-state index contributed by atoms with van der Waals surface area (Å²) in [5.74, 6) is 1.43. The molecule has 0 aromatic rings. The van der Waals surface area contributed by atoms with E-state index in [2.05, 4.69) is 33.0 Å². The standard InChI is InChI=1S/C13H27NO/c1-5-8-14-12(10(3)6-2)13-11(4)7-9-15-13/h10-14H,5-9H2,1-4H3. The maximum absolute atomic E-state index is 5.88. The maximum atomic E-state index is 5.88. The number of hydrogen-bond acceptors (Lipinski definition) is 2. The van der Waals surface area contributed by atoms with Crippen LogP contribution < -0.4 is 5.32 Å². The average molecular weight is 213 g/mol. The topological polar surface area (TPSA) is 21.3 Å². The van der Waals surface area contributed by atoms with Gasteiger partial charge in [-0.3, -0.25) is 0 Å². The van der Waals surface area contributed by atoms with E-state index in [1.807, 2.05) is 0 Å². The van der Waals surface area contributed by atoms with Crippen LogP contribution in [0, 0.1) is 11.8 Å². The summed E-state index contributed by atoms with van der Waals surface area (Å²) in [6.45, 7) is 11.2. The molecule has 2 heteroatoms. The quantitative estimate of drug-likeness (QED) is 0.732. The van der Waals surface area contributed by atoms with Crippen LogP contribution in [-0.2, 0) is 4.74 Å². The van der Waals surface area contributed by atoms with Crippen molar-refractivity contribution in [2.24, 2.45) is 11.8 Å². The van der Waals surface area contributed by atoms with E-state index in [-0.39, 0.29) is 0 Å². The molecule has 1 rings (SSSR count). The van der Waals surface area contributed by atoms with Crippen LogP contribution >= 0.6 is 0 Å². The predicted octanol–water partition coefficient (Wildman–Crippen LogP) is 2.83. The first-order valence-corrected chi connectivity index (χ1v) is 6.55. The third-order valence-electron chi connectivity index (χ3n) is 3.69. The SMILES string of the molecule is CCCNC(C(C)CC)C1OCCC1C. The molecule has 2 nitrogen and oxygen atoms in total. The van der Waals surface area contributed by atoms with Crippen molar-refractivity contribution in [1.29, 1.82) is 0 Å². The zero-order valence-corrected chi connectivity index (χ0v) is 10.8. The fourth-order valence-corrected chi connectivity index (χ4v) is 2.38. The molecule has 0 spiro atoms. The van der Waals surface area contributed by atoms with E-state index >= 15 is 0 Å². The summed E-state index contributed by atoms with van der Waals surface area (Å²) in [6, 6.07) is 0.549. The normalized spacial score (nSPS) is 30.4. The maximum Gasteiger partial charge on any atom is 0.0756 e. The highest BCUT2D eigenvalue weighted by Crippen LogP contribution is 2.27. The molecule has 0 saturated carbocycles. The van der Waals surface area contributed by atoms with E-state index < -0.39 is 0 Å². The van der Waals surface area contributed by atoms with E-state index in [1.165, 1.54) is 19.3 Å². The average Bonchev–Trinajstić information content (AvgIpc) is 2.65. The van der Waals surface area contributed by atoms with Crippen molar-refractivity contribution in [3.63, 3.8) is 0 Å². The molecule has 4 atom stereocenters. The van der Waals surface area contributed by atoms with Gasteiger partial charge in [0.05, 0.1) is 6.10 Å². The van der Waals surface area contributed by atoms with E-state index in [1.54, 1.807) is 0 Å². The minimum Gasteiger partial charge on any atom is -0.376 e. The van der Waals surface area contributed by atoms with Crippen LogP contribution in [0.5, 0.6) is 0 Å². The minimum absolute atomic E-state index is 0.437. The Labute approximate surface area is 94.8 Å². The van der Waals surface area contributed by atoms with Crippen molar-refractivity contribution in [1.82, 2.24) is 5.32 Å². The van der Waals surface area contributed by atoms with Crippen molar-refractivity contribution in [3.8, 4) is 0 Å². The molecular weight excluding hydrogens is 186 g/mol. The van der Waals surface area contributed by atoms with Gasteiger partial charge in [-0.05, 0) is 31.2 Å². The van der Waals surface area contributed by atoms with E-state index in [0.717, 1.165) is 13.2 Å². The number of nitrogens with one attached hydrogen (secondary N) is 1. The Kier molecular flexibility index (Phi) is 5.62. The summed E-state index contributed by atoms with van der Waals surface area (Å²) in [7, 11) is 0. The summed E-state index contributed by atoms with van der Waals surface area (Å²) >= 11 is 0. The molecule has 0 aromatic carbocycles. The summed E-state index contributed by atoms with van der Waals surface area (Å²) in [6.07, 6.45) is 4.10. The van der Waals surface area contributed by atoms with Crippen LogP contribution in [0.3, 0.4) is 0 Å². The van der Waals surface area contributed by atoms with Gasteiger partial charge in [-0.25, -0.2) is 0 Å². The van der Waals surface area contributed by atoms with Gasteiger partial charge < -0.3 is 10.1 Å². The lowest BCUT2D eigenvalue weighted by Gasteiger charge is -2.31. The molecule has 0 radical (unpaired) electrons. The summed E-state index contributed by atoms with van der Waals surface area (Å²) < 4.78 is 5.88. The molecule has 0 bridgehead atoms. The van der Waals surface area contributed by atoms with Crippen molar-refractivity contribution in [3.05, 3.63) is 0 Å². The molecule has 15 heavy (non-hydrogen) atoms. The zero-order valence-electron chi connectivity index (χ0n) is 10.8. The lowest BCUT2D eigenvalue weighted by Crippen LogP contribution is -2.46. The highest BCUT2D eigenvalue weighted by Gasteiger charge is 2.33. The zero-order chi connectivity index (χ0) is 11.3. The summed E-state index contributed by atoms with van der Waals surface area (Å²) in [5.41, 5.74) is 0. The van der Waals surface area contributed by atoms with Crippen LogP contribution in [0.1, 0.15) is 47.0 Å². The highest BCUT2D eigenvalue weighted by molar-refractivity contribution is 4.87. The summed E-state index contributed by atoms with van der Waals surface area (Å²) in [5, 5.41) is 3.67. The van der Waals surface area contributed by atoms with Gasteiger partial charge in [0.1, 0.15) is 0 Å². The second kappa shape index (κ2) is 6.49. The second-order valence-corrected chi connectivity index (χ2v) is 4.97. The van der Waals surface area contributed by atoms with Crippen LogP contribution in [0.4, 0.5) is 0 Å². The highest BCUT2D eigenvalue weighted by atomic mass is 16.5. The fourth-order valence-electron chi connectivity index (χ4n) is 2.38. The van der Waals surface area contributed by atoms with Gasteiger partial charge in [0.2, 0.25) is 0 Å². The molecular formula is C13H27NO. The lowest BCUT2D eigenvalue weighted by molar-refractivity contribution is 0.0428. The first-order chi connectivity index (χ1) is 7.20. The van der Waals surface area contributed by atoms with Crippen molar-refractivity contribution in [2.75, 3.05) is 13.2 Å². The smallest absolute Gasteiger partial charge is 0.0756 e. The third kappa shape index (κ3) is 3.46. The molecule has 4 unspecified atom stereocenters. The van der Waals surface area contributed by atoms with Crippen molar-refractivity contribution < 1.29 is 4.74 Å². The molecule has 1 aliphatic heterocycles. The predicted molar refractivity (Wildman–Crippen MR) is 65.1 cm³/mol. The Bertz CT molecular complexity index is 172. The number of ether oxygens (including phenoxy) is 1. The third-order valence-corrected chi connectivity index (χ3v) is 3.69. The van der Waals surface area contributed by atoms with Gasteiger partial charge in [0.15, 0.2) is 0 Å². The Balaban J connectivity index is 2.53. The lowest BCUT2D eigenvalue weighted by atomic mass is 9.88. The van der Waals surface area contributed by atoms with E-state index in [9.17, 15) is 0 Å². The molecule has 90 valence electrons. The van der Waals surface area contributed by atoms with Crippen LogP contribution in [-0.4, -0.2) is 25.3 Å². The van der Waals surface area contributed by atoms with Crippen molar-refractivity contribution in [2.45, 2.75) is 59.1 Å². The molecule has 1 saturated heterocycles.